The molecule has 24 heavy (non-hydrogen) atoms. The van der Waals surface area contributed by atoms with Crippen LogP contribution in [0.3, 0.4) is 0 Å². The van der Waals surface area contributed by atoms with Gasteiger partial charge in [-0.3, -0.25) is 10.8 Å². The van der Waals surface area contributed by atoms with Crippen molar-refractivity contribution in [2.24, 2.45) is 5.84 Å². The molecule has 2 aromatic heterocycles. The molecule has 126 valence electrons. The molecule has 3 N–H and O–H groups in total. The van der Waals surface area contributed by atoms with E-state index in [2.05, 4.69) is 33.5 Å². The lowest BCUT2D eigenvalue weighted by Crippen LogP contribution is -2.49. The number of hydrazine groups is 1. The summed E-state index contributed by atoms with van der Waals surface area (Å²) < 4.78 is 5.86. The maximum absolute atomic E-state index is 6.60. The fourth-order valence-electron chi connectivity index (χ4n) is 3.80. The van der Waals surface area contributed by atoms with Crippen LogP contribution in [-0.4, -0.2) is 29.1 Å². The number of piperidine rings is 1. The third-order valence-corrected chi connectivity index (χ3v) is 5.14. The SMILES string of the molecule is Cc1ccc(C2=Cc3ccncc3C(N(N)C3CCNCC3)C2)o1. The van der Waals surface area contributed by atoms with Gasteiger partial charge < -0.3 is 9.73 Å². The molecular weight excluding hydrogens is 300 g/mol. The van der Waals surface area contributed by atoms with Crippen molar-refractivity contribution in [1.29, 1.82) is 0 Å². The van der Waals surface area contributed by atoms with Gasteiger partial charge in [-0.05, 0) is 80.3 Å². The molecule has 2 aliphatic rings. The molecular formula is C19H24N4O. The first kappa shape index (κ1) is 15.6. The van der Waals surface area contributed by atoms with Crippen LogP contribution in [0.1, 0.15) is 48.0 Å². The van der Waals surface area contributed by atoms with Crippen LogP contribution in [0.2, 0.25) is 0 Å². The van der Waals surface area contributed by atoms with E-state index in [4.69, 9.17) is 10.3 Å². The Labute approximate surface area is 142 Å². The first-order valence-electron chi connectivity index (χ1n) is 8.67. The lowest BCUT2D eigenvalue weighted by Gasteiger charge is -2.39. The van der Waals surface area contributed by atoms with Gasteiger partial charge in [0, 0.05) is 18.4 Å². The minimum atomic E-state index is 0.141. The molecule has 1 fully saturated rings. The fourth-order valence-corrected chi connectivity index (χ4v) is 3.80. The van der Waals surface area contributed by atoms with Crippen molar-refractivity contribution in [3.05, 3.63) is 53.2 Å². The Morgan fingerprint density at radius 2 is 2.08 bits per heavy atom. The minimum Gasteiger partial charge on any atom is -0.462 e. The molecule has 5 heteroatoms. The van der Waals surface area contributed by atoms with Crippen LogP contribution in [0.4, 0.5) is 0 Å². The number of fused-ring (bicyclic) bond motifs is 1. The second kappa shape index (κ2) is 6.51. The predicted molar refractivity (Wildman–Crippen MR) is 94.8 cm³/mol. The van der Waals surface area contributed by atoms with E-state index >= 15 is 0 Å². The molecule has 1 atom stereocenters. The van der Waals surface area contributed by atoms with Gasteiger partial charge in [-0.1, -0.05) is 0 Å². The summed E-state index contributed by atoms with van der Waals surface area (Å²) in [4.78, 5) is 4.33. The van der Waals surface area contributed by atoms with Crippen molar-refractivity contribution in [1.82, 2.24) is 15.3 Å². The highest BCUT2D eigenvalue weighted by Crippen LogP contribution is 2.40. The van der Waals surface area contributed by atoms with E-state index in [0.29, 0.717) is 6.04 Å². The molecule has 1 aliphatic carbocycles. The van der Waals surface area contributed by atoms with Crippen molar-refractivity contribution < 1.29 is 4.42 Å². The zero-order valence-corrected chi connectivity index (χ0v) is 14.0. The minimum absolute atomic E-state index is 0.141. The number of rotatable bonds is 3. The highest BCUT2D eigenvalue weighted by atomic mass is 16.3. The molecule has 0 spiro atoms. The first-order valence-corrected chi connectivity index (χ1v) is 8.67. The van der Waals surface area contributed by atoms with Gasteiger partial charge in [0.1, 0.15) is 11.5 Å². The number of nitrogens with two attached hydrogens (primary N) is 1. The number of furan rings is 1. The first-order chi connectivity index (χ1) is 11.7. The second-order valence-corrected chi connectivity index (χ2v) is 6.73. The number of aromatic nitrogens is 1. The molecule has 5 nitrogen and oxygen atoms in total. The van der Waals surface area contributed by atoms with Gasteiger partial charge >= 0.3 is 0 Å². The highest BCUT2D eigenvalue weighted by molar-refractivity contribution is 5.83. The molecule has 2 aromatic rings. The van der Waals surface area contributed by atoms with Crippen LogP contribution in [0.15, 0.2) is 35.0 Å². The predicted octanol–water partition coefficient (Wildman–Crippen LogP) is 2.90. The summed E-state index contributed by atoms with van der Waals surface area (Å²) in [6, 6.07) is 6.67. The standard InChI is InChI=1S/C19H24N4O/c1-13-2-3-19(24-13)15-10-14-4-7-22-12-17(14)18(11-15)23(20)16-5-8-21-9-6-16/h2-4,7,10,12,16,18,21H,5-6,8-9,11,20H2,1H3. The quantitative estimate of drug-likeness (QED) is 0.671. The van der Waals surface area contributed by atoms with Crippen LogP contribution < -0.4 is 11.2 Å². The molecule has 3 heterocycles. The summed E-state index contributed by atoms with van der Waals surface area (Å²) >= 11 is 0. The van der Waals surface area contributed by atoms with E-state index in [1.54, 1.807) is 0 Å². The Hall–Kier alpha value is -1.95. The average molecular weight is 324 g/mol. The van der Waals surface area contributed by atoms with Crippen molar-refractivity contribution in [3.8, 4) is 0 Å². The van der Waals surface area contributed by atoms with E-state index in [1.165, 1.54) is 16.7 Å². The summed E-state index contributed by atoms with van der Waals surface area (Å²) in [6.07, 6.45) is 9.03. The van der Waals surface area contributed by atoms with Crippen LogP contribution >= 0.6 is 0 Å². The second-order valence-electron chi connectivity index (χ2n) is 6.73. The average Bonchev–Trinajstić information content (AvgIpc) is 3.07. The third kappa shape index (κ3) is 2.90. The Morgan fingerprint density at radius 1 is 1.25 bits per heavy atom. The number of nitrogens with zero attached hydrogens (tertiary/aromatic N) is 2. The van der Waals surface area contributed by atoms with Crippen LogP contribution in [0.5, 0.6) is 0 Å². The van der Waals surface area contributed by atoms with E-state index in [0.717, 1.165) is 43.9 Å². The van der Waals surface area contributed by atoms with E-state index in [9.17, 15) is 0 Å². The summed E-state index contributed by atoms with van der Waals surface area (Å²) in [6.45, 7) is 4.04. The van der Waals surface area contributed by atoms with Crippen molar-refractivity contribution in [2.75, 3.05) is 13.1 Å². The molecule has 1 aliphatic heterocycles. The topological polar surface area (TPSA) is 67.3 Å². The largest absolute Gasteiger partial charge is 0.462 e. The van der Waals surface area contributed by atoms with Crippen molar-refractivity contribution in [3.63, 3.8) is 0 Å². The Bertz CT molecular complexity index is 745. The normalized spacial score (nSPS) is 21.6. The Kier molecular flexibility index (Phi) is 4.22. The van der Waals surface area contributed by atoms with Gasteiger partial charge in [-0.15, -0.1) is 0 Å². The summed E-state index contributed by atoms with van der Waals surface area (Å²) in [7, 11) is 0. The Balaban J connectivity index is 1.68. The number of nitrogens with one attached hydrogen (secondary N) is 1. The number of hydrogen-bond acceptors (Lipinski definition) is 5. The van der Waals surface area contributed by atoms with Gasteiger partial charge in [0.15, 0.2) is 0 Å². The number of pyridine rings is 1. The molecule has 0 bridgehead atoms. The van der Waals surface area contributed by atoms with Crippen molar-refractivity contribution >= 4 is 11.6 Å². The maximum Gasteiger partial charge on any atom is 0.130 e. The van der Waals surface area contributed by atoms with Crippen molar-refractivity contribution in [2.45, 2.75) is 38.3 Å². The van der Waals surface area contributed by atoms with E-state index < -0.39 is 0 Å². The number of aryl methyl sites for hydroxylation is 1. The monoisotopic (exact) mass is 324 g/mol. The molecule has 0 saturated carbocycles. The molecule has 4 rings (SSSR count). The van der Waals surface area contributed by atoms with Gasteiger partial charge in [-0.2, -0.15) is 0 Å². The lowest BCUT2D eigenvalue weighted by molar-refractivity contribution is 0.110. The summed E-state index contributed by atoms with van der Waals surface area (Å²) in [5.74, 6) is 8.48. The van der Waals surface area contributed by atoms with E-state index in [-0.39, 0.29) is 6.04 Å². The molecule has 0 amide bonds. The Morgan fingerprint density at radius 3 is 2.83 bits per heavy atom. The fraction of sp³-hybridized carbons (Fsp3) is 0.421. The molecule has 1 saturated heterocycles. The molecule has 0 aromatic carbocycles. The van der Waals surface area contributed by atoms with Crippen LogP contribution in [-0.2, 0) is 0 Å². The van der Waals surface area contributed by atoms with Gasteiger partial charge in [0.2, 0.25) is 0 Å². The van der Waals surface area contributed by atoms with Gasteiger partial charge in [0.25, 0.3) is 0 Å². The lowest BCUT2D eigenvalue weighted by atomic mass is 9.87. The van der Waals surface area contributed by atoms with Gasteiger partial charge in [-0.25, -0.2) is 5.01 Å². The highest BCUT2D eigenvalue weighted by Gasteiger charge is 2.31. The summed E-state index contributed by atoms with van der Waals surface area (Å²) in [5, 5.41) is 5.47. The zero-order valence-electron chi connectivity index (χ0n) is 14.0. The maximum atomic E-state index is 6.60. The smallest absolute Gasteiger partial charge is 0.130 e. The summed E-state index contributed by atoms with van der Waals surface area (Å²) in [5.41, 5.74) is 3.61. The van der Waals surface area contributed by atoms with Crippen LogP contribution in [0.25, 0.3) is 11.6 Å². The van der Waals surface area contributed by atoms with Gasteiger partial charge in [0.05, 0.1) is 6.04 Å². The molecule has 0 radical (unpaired) electrons. The number of hydrogen-bond donors (Lipinski definition) is 2. The third-order valence-electron chi connectivity index (χ3n) is 5.14. The van der Waals surface area contributed by atoms with Crippen LogP contribution in [0, 0.1) is 6.92 Å². The van der Waals surface area contributed by atoms with E-state index in [1.807, 2.05) is 25.4 Å². The molecule has 1 unspecified atom stereocenters. The zero-order chi connectivity index (χ0) is 16.5.